The molecule has 0 unspecified atom stereocenters. The zero-order valence-electron chi connectivity index (χ0n) is 11.2. The summed E-state index contributed by atoms with van der Waals surface area (Å²) in [5.74, 6) is 1.14. The largest absolute Gasteiger partial charge is 0.369 e. The second-order valence-corrected chi connectivity index (χ2v) is 4.64. The molecular weight excluding hydrogens is 254 g/mol. The summed E-state index contributed by atoms with van der Waals surface area (Å²) in [4.78, 5) is 4.29. The second kappa shape index (κ2) is 4.38. The van der Waals surface area contributed by atoms with Gasteiger partial charge >= 0.3 is 0 Å². The van der Waals surface area contributed by atoms with E-state index < -0.39 is 0 Å². The Balaban J connectivity index is 2.18. The van der Waals surface area contributed by atoms with E-state index in [1.165, 1.54) is 0 Å². The molecule has 2 heterocycles. The first-order chi connectivity index (χ1) is 9.61. The van der Waals surface area contributed by atoms with Crippen LogP contribution in [0.4, 0.5) is 5.95 Å². The fourth-order valence-corrected chi connectivity index (χ4v) is 2.31. The van der Waals surface area contributed by atoms with Gasteiger partial charge in [0.1, 0.15) is 17.3 Å². The molecule has 0 atom stereocenters. The minimum absolute atomic E-state index is 0.377. The summed E-state index contributed by atoms with van der Waals surface area (Å²) in [6.45, 7) is 4.28. The van der Waals surface area contributed by atoms with E-state index in [0.29, 0.717) is 23.6 Å². The summed E-state index contributed by atoms with van der Waals surface area (Å²) < 4.78 is 7.03. The van der Waals surface area contributed by atoms with Crippen molar-refractivity contribution < 1.29 is 4.52 Å². The number of anilines is 1. The van der Waals surface area contributed by atoms with Crippen LogP contribution >= 0.6 is 0 Å². The Morgan fingerprint density at radius 2 is 2.20 bits per heavy atom. The normalized spacial score (nSPS) is 10.8. The lowest BCUT2D eigenvalue weighted by molar-refractivity contribution is 0.392. The van der Waals surface area contributed by atoms with E-state index in [2.05, 4.69) is 16.2 Å². The van der Waals surface area contributed by atoms with Crippen molar-refractivity contribution in [1.82, 2.24) is 14.7 Å². The van der Waals surface area contributed by atoms with Gasteiger partial charge in [-0.05, 0) is 26.0 Å². The predicted molar refractivity (Wildman–Crippen MR) is 73.9 cm³/mol. The average Bonchev–Trinajstić information content (AvgIpc) is 2.93. The topological polar surface area (TPSA) is 93.7 Å². The van der Waals surface area contributed by atoms with Crippen molar-refractivity contribution in [3.8, 4) is 6.07 Å². The molecule has 0 spiro atoms. The molecule has 2 aromatic heterocycles. The average molecular weight is 267 g/mol. The van der Waals surface area contributed by atoms with Crippen LogP contribution in [-0.4, -0.2) is 14.7 Å². The maximum Gasteiger partial charge on any atom is 0.201 e. The standard InChI is InChI=1S/C14H13N5O/c1-8-11(9(2)20-18-8)7-19-12-5-3-4-10(6-15)13(12)17-14(19)16/h3-5H,7H2,1-2H3,(H2,16,17). The Bertz CT molecular complexity index is 818. The van der Waals surface area contributed by atoms with Crippen LogP contribution in [0.5, 0.6) is 0 Å². The van der Waals surface area contributed by atoms with E-state index in [9.17, 15) is 0 Å². The number of fused-ring (bicyclic) bond motifs is 1. The Morgan fingerprint density at radius 1 is 1.40 bits per heavy atom. The molecule has 0 saturated heterocycles. The molecule has 0 aliphatic carbocycles. The molecule has 3 rings (SSSR count). The third kappa shape index (κ3) is 1.72. The summed E-state index contributed by atoms with van der Waals surface area (Å²) in [6.07, 6.45) is 0. The quantitative estimate of drug-likeness (QED) is 0.767. The van der Waals surface area contributed by atoms with Crippen molar-refractivity contribution in [2.75, 3.05) is 5.73 Å². The summed E-state index contributed by atoms with van der Waals surface area (Å²) in [5, 5.41) is 13.1. The lowest BCUT2D eigenvalue weighted by Gasteiger charge is -2.06. The number of nitrogen functional groups attached to an aromatic ring is 1. The third-order valence-corrected chi connectivity index (χ3v) is 3.43. The van der Waals surface area contributed by atoms with E-state index in [1.54, 1.807) is 6.07 Å². The Kier molecular flexibility index (Phi) is 2.68. The van der Waals surface area contributed by atoms with Crippen LogP contribution in [0.3, 0.4) is 0 Å². The van der Waals surface area contributed by atoms with Gasteiger partial charge in [-0.15, -0.1) is 0 Å². The second-order valence-electron chi connectivity index (χ2n) is 4.64. The molecule has 6 nitrogen and oxygen atoms in total. The number of hydrogen-bond donors (Lipinski definition) is 1. The number of benzene rings is 1. The van der Waals surface area contributed by atoms with Crippen LogP contribution < -0.4 is 5.73 Å². The minimum Gasteiger partial charge on any atom is -0.369 e. The summed E-state index contributed by atoms with van der Waals surface area (Å²) in [7, 11) is 0. The van der Waals surface area contributed by atoms with Crippen LogP contribution in [-0.2, 0) is 6.54 Å². The first-order valence-electron chi connectivity index (χ1n) is 6.18. The lowest BCUT2D eigenvalue weighted by Crippen LogP contribution is -2.05. The molecule has 0 saturated carbocycles. The smallest absolute Gasteiger partial charge is 0.201 e. The lowest BCUT2D eigenvalue weighted by atomic mass is 10.2. The van der Waals surface area contributed by atoms with Gasteiger partial charge < -0.3 is 14.8 Å². The van der Waals surface area contributed by atoms with Crippen molar-refractivity contribution in [2.45, 2.75) is 20.4 Å². The zero-order chi connectivity index (χ0) is 14.3. The summed E-state index contributed by atoms with van der Waals surface area (Å²) in [5.41, 5.74) is 9.78. The van der Waals surface area contributed by atoms with E-state index in [-0.39, 0.29) is 0 Å². The molecule has 0 bridgehead atoms. The van der Waals surface area contributed by atoms with Gasteiger partial charge in [0.15, 0.2) is 0 Å². The van der Waals surface area contributed by atoms with E-state index in [0.717, 1.165) is 22.5 Å². The van der Waals surface area contributed by atoms with Crippen molar-refractivity contribution in [2.24, 2.45) is 0 Å². The molecule has 3 aromatic rings. The van der Waals surface area contributed by atoms with Gasteiger partial charge in [0.05, 0.1) is 23.3 Å². The molecule has 0 aliphatic heterocycles. The molecule has 0 amide bonds. The SMILES string of the molecule is Cc1noc(C)c1Cn1c(N)nc2c(C#N)cccc21. The van der Waals surface area contributed by atoms with Gasteiger partial charge in [0, 0.05) is 5.56 Å². The summed E-state index contributed by atoms with van der Waals surface area (Å²) >= 11 is 0. The van der Waals surface area contributed by atoms with E-state index in [1.807, 2.05) is 30.5 Å². The molecule has 6 heteroatoms. The molecule has 1 aromatic carbocycles. The Morgan fingerprint density at radius 3 is 2.85 bits per heavy atom. The highest BCUT2D eigenvalue weighted by Crippen LogP contribution is 2.24. The first-order valence-corrected chi connectivity index (χ1v) is 6.18. The zero-order valence-corrected chi connectivity index (χ0v) is 11.2. The molecule has 20 heavy (non-hydrogen) atoms. The van der Waals surface area contributed by atoms with Gasteiger partial charge in [-0.3, -0.25) is 0 Å². The van der Waals surface area contributed by atoms with E-state index in [4.69, 9.17) is 15.5 Å². The van der Waals surface area contributed by atoms with Crippen molar-refractivity contribution >= 4 is 17.0 Å². The fraction of sp³-hybridized carbons (Fsp3) is 0.214. The first kappa shape index (κ1) is 12.2. The monoisotopic (exact) mass is 267 g/mol. The number of imidazole rings is 1. The van der Waals surface area contributed by atoms with Crippen molar-refractivity contribution in [1.29, 1.82) is 5.26 Å². The van der Waals surface area contributed by atoms with Crippen LogP contribution in [0.15, 0.2) is 22.7 Å². The minimum atomic E-state index is 0.377. The summed E-state index contributed by atoms with van der Waals surface area (Å²) in [6, 6.07) is 7.59. The number of nitrogens with zero attached hydrogens (tertiary/aromatic N) is 4. The Labute approximate surface area is 115 Å². The maximum absolute atomic E-state index is 9.12. The molecule has 0 radical (unpaired) electrons. The maximum atomic E-state index is 9.12. The number of para-hydroxylation sites is 1. The predicted octanol–water partition coefficient (Wildman–Crippen LogP) is 2.14. The number of nitrogens with two attached hydrogens (primary N) is 1. The number of hydrogen-bond acceptors (Lipinski definition) is 5. The fourth-order valence-electron chi connectivity index (χ4n) is 2.31. The Hall–Kier alpha value is -2.81. The molecule has 0 fully saturated rings. The van der Waals surface area contributed by atoms with Crippen molar-refractivity contribution in [3.63, 3.8) is 0 Å². The van der Waals surface area contributed by atoms with Gasteiger partial charge in [0.2, 0.25) is 5.95 Å². The van der Waals surface area contributed by atoms with Crippen molar-refractivity contribution in [3.05, 3.63) is 40.8 Å². The van der Waals surface area contributed by atoms with Crippen LogP contribution in [0, 0.1) is 25.2 Å². The van der Waals surface area contributed by atoms with Gasteiger partial charge in [-0.1, -0.05) is 11.2 Å². The van der Waals surface area contributed by atoms with Gasteiger partial charge in [-0.25, -0.2) is 4.98 Å². The number of aryl methyl sites for hydroxylation is 2. The highest BCUT2D eigenvalue weighted by molar-refractivity contribution is 5.84. The van der Waals surface area contributed by atoms with Gasteiger partial charge in [0.25, 0.3) is 0 Å². The van der Waals surface area contributed by atoms with E-state index >= 15 is 0 Å². The number of aromatic nitrogens is 3. The van der Waals surface area contributed by atoms with Crippen LogP contribution in [0.1, 0.15) is 22.6 Å². The molecule has 0 aliphatic rings. The van der Waals surface area contributed by atoms with Crippen LogP contribution in [0.2, 0.25) is 0 Å². The number of rotatable bonds is 2. The highest BCUT2D eigenvalue weighted by atomic mass is 16.5. The third-order valence-electron chi connectivity index (χ3n) is 3.43. The molecule has 100 valence electrons. The van der Waals surface area contributed by atoms with Crippen LogP contribution in [0.25, 0.3) is 11.0 Å². The highest BCUT2D eigenvalue weighted by Gasteiger charge is 2.15. The molecule has 2 N–H and O–H groups in total. The van der Waals surface area contributed by atoms with Gasteiger partial charge in [-0.2, -0.15) is 5.26 Å². The number of nitriles is 1. The molecular formula is C14H13N5O.